The van der Waals surface area contributed by atoms with E-state index >= 15 is 0 Å². The Morgan fingerprint density at radius 3 is 2.35 bits per heavy atom. The molecule has 6 nitrogen and oxygen atoms in total. The van der Waals surface area contributed by atoms with E-state index in [1.807, 2.05) is 18.7 Å². The van der Waals surface area contributed by atoms with Crippen LogP contribution in [0.25, 0.3) is 0 Å². The molecule has 8 heteroatoms. The van der Waals surface area contributed by atoms with Crippen LogP contribution in [0.2, 0.25) is 5.02 Å². The van der Waals surface area contributed by atoms with E-state index in [0.717, 1.165) is 25.4 Å². The standard InChI is InChI=1S/C26H38ClN3O3S/c1-19(2)25(31)29(18-20-5-6-21-17-24(20)26(21,3)4)14-11-28-12-15-30(16-13-28)34(32,33)23-9-7-22(27)8-10-23/h5,7-10,19,21,24H,6,11-18H2,1-4H3. The number of piperazine rings is 1. The van der Waals surface area contributed by atoms with Crippen LogP contribution in [0.1, 0.15) is 40.5 Å². The van der Waals surface area contributed by atoms with Crippen molar-refractivity contribution in [1.82, 2.24) is 14.1 Å². The molecule has 0 radical (unpaired) electrons. The molecule has 1 aromatic rings. The molecule has 5 rings (SSSR count). The van der Waals surface area contributed by atoms with Gasteiger partial charge in [-0.25, -0.2) is 8.42 Å². The first-order chi connectivity index (χ1) is 16.0. The van der Waals surface area contributed by atoms with Gasteiger partial charge in [-0.05, 0) is 54.4 Å². The quantitative estimate of drug-likeness (QED) is 0.496. The second kappa shape index (κ2) is 9.92. The van der Waals surface area contributed by atoms with Gasteiger partial charge in [0.05, 0.1) is 4.90 Å². The van der Waals surface area contributed by atoms with E-state index < -0.39 is 10.0 Å². The maximum Gasteiger partial charge on any atom is 0.243 e. The monoisotopic (exact) mass is 507 g/mol. The summed E-state index contributed by atoms with van der Waals surface area (Å²) in [7, 11) is -3.51. The smallest absolute Gasteiger partial charge is 0.243 e. The van der Waals surface area contributed by atoms with Crippen LogP contribution in [0.5, 0.6) is 0 Å². The first kappa shape index (κ1) is 25.7. The molecule has 2 bridgehead atoms. The Hall–Kier alpha value is -1.41. The second-order valence-electron chi connectivity index (χ2n) is 10.9. The van der Waals surface area contributed by atoms with Crippen molar-refractivity contribution >= 4 is 27.5 Å². The van der Waals surface area contributed by atoms with Crippen molar-refractivity contribution in [3.63, 3.8) is 0 Å². The number of halogens is 1. The van der Waals surface area contributed by atoms with Crippen molar-refractivity contribution < 1.29 is 13.2 Å². The predicted octanol–water partition coefficient (Wildman–Crippen LogP) is 4.12. The lowest BCUT2D eigenvalue weighted by molar-refractivity contribution is -0.134. The Morgan fingerprint density at radius 2 is 1.79 bits per heavy atom. The number of carbonyl (C=O) groups excluding carboxylic acids is 1. The Kier molecular flexibility index (Phi) is 7.49. The van der Waals surface area contributed by atoms with Crippen molar-refractivity contribution in [2.45, 2.75) is 45.4 Å². The number of allylic oxidation sites excluding steroid dienone is 1. The lowest BCUT2D eigenvalue weighted by Crippen LogP contribution is -2.52. The highest BCUT2D eigenvalue weighted by Gasteiger charge is 2.51. The van der Waals surface area contributed by atoms with E-state index in [-0.39, 0.29) is 16.7 Å². The molecule has 3 aliphatic carbocycles. The third-order valence-electron chi connectivity index (χ3n) is 8.23. The van der Waals surface area contributed by atoms with E-state index in [1.54, 1.807) is 28.6 Å². The fraction of sp³-hybridized carbons (Fsp3) is 0.654. The highest BCUT2D eigenvalue weighted by atomic mass is 35.5. The summed E-state index contributed by atoms with van der Waals surface area (Å²) in [6, 6.07) is 6.34. The molecular weight excluding hydrogens is 470 g/mol. The lowest BCUT2D eigenvalue weighted by Gasteiger charge is -2.57. The van der Waals surface area contributed by atoms with Gasteiger partial charge >= 0.3 is 0 Å². The molecule has 1 saturated carbocycles. The van der Waals surface area contributed by atoms with Crippen LogP contribution >= 0.6 is 11.6 Å². The average Bonchev–Trinajstić information content (AvgIpc) is 2.81. The van der Waals surface area contributed by atoms with Crippen LogP contribution in [-0.2, 0) is 14.8 Å². The highest BCUT2D eigenvalue weighted by Crippen LogP contribution is 2.59. The fourth-order valence-corrected chi connectivity index (χ4v) is 7.27. The van der Waals surface area contributed by atoms with Crippen molar-refractivity contribution in [3.8, 4) is 0 Å². The number of sulfonamides is 1. The third-order valence-corrected chi connectivity index (χ3v) is 10.4. The second-order valence-corrected chi connectivity index (χ2v) is 13.3. The maximum atomic E-state index is 13.0. The Balaban J connectivity index is 1.33. The summed E-state index contributed by atoms with van der Waals surface area (Å²) in [5.41, 5.74) is 1.78. The number of hydrogen-bond acceptors (Lipinski definition) is 4. The number of benzene rings is 1. The highest BCUT2D eigenvalue weighted by molar-refractivity contribution is 7.89. The molecule has 1 aliphatic heterocycles. The van der Waals surface area contributed by atoms with Gasteiger partial charge in [0.15, 0.2) is 0 Å². The van der Waals surface area contributed by atoms with Gasteiger partial charge in [0, 0.05) is 56.8 Å². The summed E-state index contributed by atoms with van der Waals surface area (Å²) in [5.74, 6) is 1.54. The van der Waals surface area contributed by atoms with Crippen LogP contribution < -0.4 is 0 Å². The molecule has 1 saturated heterocycles. The Morgan fingerprint density at radius 1 is 1.15 bits per heavy atom. The van der Waals surface area contributed by atoms with Gasteiger partial charge in [0.25, 0.3) is 0 Å². The van der Waals surface area contributed by atoms with Gasteiger partial charge in [-0.15, -0.1) is 0 Å². The molecular formula is C26H38ClN3O3S. The number of nitrogens with zero attached hydrogens (tertiary/aromatic N) is 3. The molecule has 0 spiro atoms. The molecule has 1 heterocycles. The summed E-state index contributed by atoms with van der Waals surface area (Å²) < 4.78 is 27.4. The van der Waals surface area contributed by atoms with Gasteiger partial charge in [-0.3, -0.25) is 9.69 Å². The summed E-state index contributed by atoms with van der Waals surface area (Å²) in [6.07, 6.45) is 4.77. The van der Waals surface area contributed by atoms with Crippen LogP contribution in [0.4, 0.5) is 0 Å². The third kappa shape index (κ3) is 5.08. The van der Waals surface area contributed by atoms with Crippen molar-refractivity contribution in [1.29, 1.82) is 0 Å². The van der Waals surface area contributed by atoms with Crippen molar-refractivity contribution in [2.75, 3.05) is 45.8 Å². The Labute approximate surface area is 210 Å². The summed E-state index contributed by atoms with van der Waals surface area (Å²) in [4.78, 5) is 17.6. The zero-order chi connectivity index (χ0) is 24.7. The van der Waals surface area contributed by atoms with Crippen LogP contribution in [0.15, 0.2) is 40.8 Å². The largest absolute Gasteiger partial charge is 0.337 e. The molecule has 4 aliphatic rings. The molecule has 2 fully saturated rings. The van der Waals surface area contributed by atoms with Gasteiger partial charge in [0.2, 0.25) is 15.9 Å². The summed E-state index contributed by atoms with van der Waals surface area (Å²) in [6.45, 7) is 13.1. The van der Waals surface area contributed by atoms with E-state index in [2.05, 4.69) is 24.8 Å². The fourth-order valence-electron chi connectivity index (χ4n) is 5.72. The molecule has 1 aromatic carbocycles. The van der Waals surface area contributed by atoms with Crippen LogP contribution in [0, 0.1) is 23.2 Å². The van der Waals surface area contributed by atoms with Crippen molar-refractivity contribution in [3.05, 3.63) is 40.9 Å². The van der Waals surface area contributed by atoms with Gasteiger partial charge in [0.1, 0.15) is 0 Å². The number of hydrogen-bond donors (Lipinski definition) is 0. The van der Waals surface area contributed by atoms with E-state index in [1.165, 1.54) is 12.0 Å². The minimum atomic E-state index is -3.51. The molecule has 0 N–H and O–H groups in total. The normalized spacial score (nSPS) is 25.1. The van der Waals surface area contributed by atoms with E-state index in [9.17, 15) is 13.2 Å². The Bertz CT molecular complexity index is 1030. The zero-order valence-electron chi connectivity index (χ0n) is 20.8. The summed E-state index contributed by atoms with van der Waals surface area (Å²) in [5, 5.41) is 0.522. The minimum Gasteiger partial charge on any atom is -0.337 e. The first-order valence-corrected chi connectivity index (χ1v) is 14.3. The molecule has 0 aromatic heterocycles. The SMILES string of the molecule is CC(C)C(=O)N(CCN1CCN(S(=O)(=O)c2ccc(Cl)cc2)CC1)CC1=CCC2CC1C2(C)C. The molecule has 34 heavy (non-hydrogen) atoms. The van der Waals surface area contributed by atoms with E-state index in [0.29, 0.717) is 49.1 Å². The number of rotatable bonds is 8. The first-order valence-electron chi connectivity index (χ1n) is 12.5. The molecule has 1 amide bonds. The zero-order valence-corrected chi connectivity index (χ0v) is 22.4. The average molecular weight is 508 g/mol. The van der Waals surface area contributed by atoms with Gasteiger partial charge in [-0.2, -0.15) is 4.31 Å². The predicted molar refractivity (Wildman–Crippen MR) is 136 cm³/mol. The number of carbonyl (C=O) groups is 1. The molecule has 2 unspecified atom stereocenters. The topological polar surface area (TPSA) is 60.9 Å². The van der Waals surface area contributed by atoms with Gasteiger partial charge in [-0.1, -0.05) is 50.9 Å². The lowest BCUT2D eigenvalue weighted by atomic mass is 9.49. The molecule has 2 atom stereocenters. The van der Waals surface area contributed by atoms with E-state index in [4.69, 9.17) is 11.6 Å². The summed E-state index contributed by atoms with van der Waals surface area (Å²) >= 11 is 5.91. The van der Waals surface area contributed by atoms with Crippen molar-refractivity contribution in [2.24, 2.45) is 23.2 Å². The van der Waals surface area contributed by atoms with Crippen LogP contribution in [0.3, 0.4) is 0 Å². The number of amides is 1. The minimum absolute atomic E-state index is 0.0345. The number of fused-ring (bicyclic) bond motifs is 1. The van der Waals surface area contributed by atoms with Crippen LogP contribution in [-0.4, -0.2) is 74.2 Å². The molecule has 188 valence electrons. The maximum absolute atomic E-state index is 13.0. The van der Waals surface area contributed by atoms with Gasteiger partial charge < -0.3 is 4.90 Å².